The third-order valence-corrected chi connectivity index (χ3v) is 6.31. The van der Waals surface area contributed by atoms with E-state index in [1.807, 2.05) is 79.7 Å². The molecule has 0 atom stereocenters. The van der Waals surface area contributed by atoms with Crippen LogP contribution in [0.4, 0.5) is 5.82 Å². The first-order valence-electron chi connectivity index (χ1n) is 10.6. The molecule has 0 saturated carbocycles. The highest BCUT2D eigenvalue weighted by molar-refractivity contribution is 7.98. The second kappa shape index (κ2) is 9.77. The minimum atomic E-state index is -0.505. The van der Waals surface area contributed by atoms with E-state index in [1.54, 1.807) is 0 Å². The van der Waals surface area contributed by atoms with Crippen LogP contribution in [0.25, 0.3) is 16.6 Å². The smallest absolute Gasteiger partial charge is 0.293 e. The lowest BCUT2D eigenvalue weighted by Gasteiger charge is -2.07. The van der Waals surface area contributed by atoms with Crippen molar-refractivity contribution in [2.24, 2.45) is 5.10 Å². The molecule has 3 N–H and O–H groups in total. The number of hydrogen-bond acceptors (Lipinski definition) is 9. The Morgan fingerprint density at radius 3 is 2.60 bits per heavy atom. The molecule has 1 amide bonds. The van der Waals surface area contributed by atoms with Gasteiger partial charge in [0.15, 0.2) is 5.69 Å². The third kappa shape index (κ3) is 4.75. The maximum Gasteiger partial charge on any atom is 0.293 e. The van der Waals surface area contributed by atoms with Crippen molar-refractivity contribution < 1.29 is 9.42 Å². The normalized spacial score (nSPS) is 11.6. The average Bonchev–Trinajstić information content (AvgIpc) is 3.51. The second-order valence-corrected chi connectivity index (χ2v) is 8.62. The van der Waals surface area contributed by atoms with Crippen LogP contribution in [0.5, 0.6) is 0 Å². The van der Waals surface area contributed by atoms with Gasteiger partial charge in [0, 0.05) is 10.6 Å². The SMILES string of the molecule is C/C(=N/NC(=O)c1nnn(-c2nonc2N)c1CSc1ccccc1)c1ccc2ccccc2c1. The summed E-state index contributed by atoms with van der Waals surface area (Å²) in [6.45, 7) is 1.83. The van der Waals surface area contributed by atoms with Crippen molar-refractivity contribution >= 4 is 40.0 Å². The van der Waals surface area contributed by atoms with Gasteiger partial charge in [-0.2, -0.15) is 9.78 Å². The van der Waals surface area contributed by atoms with Gasteiger partial charge >= 0.3 is 0 Å². The maximum atomic E-state index is 13.1. The number of hydrogen-bond donors (Lipinski definition) is 2. The van der Waals surface area contributed by atoms with Crippen molar-refractivity contribution in [3.8, 4) is 5.82 Å². The molecule has 0 spiro atoms. The maximum absolute atomic E-state index is 13.1. The third-order valence-electron chi connectivity index (χ3n) is 5.29. The standard InChI is InChI=1S/C24H20N8O2S/c1-15(17-12-11-16-7-5-6-8-18(16)13-17)26-28-24(33)21-20(14-35-19-9-3-2-4-10-19)32(31-27-21)23-22(25)29-34-30-23/h2-13H,14H2,1H3,(H2,25,29)(H,28,33)/b26-15-. The fourth-order valence-corrected chi connectivity index (χ4v) is 4.36. The van der Waals surface area contributed by atoms with Gasteiger partial charge in [-0.05, 0) is 51.8 Å². The number of nitrogens with two attached hydrogens (primary N) is 1. The number of rotatable bonds is 7. The van der Waals surface area contributed by atoms with Crippen LogP contribution in [0.2, 0.25) is 0 Å². The van der Waals surface area contributed by atoms with Crippen molar-refractivity contribution in [2.75, 3.05) is 5.73 Å². The van der Waals surface area contributed by atoms with Crippen LogP contribution in [0, 0.1) is 0 Å². The number of aromatic nitrogens is 5. The van der Waals surface area contributed by atoms with Gasteiger partial charge in [-0.15, -0.1) is 16.9 Å². The van der Waals surface area contributed by atoms with E-state index in [-0.39, 0.29) is 17.3 Å². The number of fused-ring (bicyclic) bond motifs is 1. The quantitative estimate of drug-likeness (QED) is 0.202. The highest BCUT2D eigenvalue weighted by Gasteiger charge is 2.24. The predicted molar refractivity (Wildman–Crippen MR) is 133 cm³/mol. The molecule has 0 radical (unpaired) electrons. The molecular formula is C24H20N8O2S. The number of hydrazone groups is 1. The molecular weight excluding hydrogens is 464 g/mol. The number of amides is 1. The number of carbonyl (C=O) groups excluding carboxylic acids is 1. The number of nitrogens with zero attached hydrogens (tertiary/aromatic N) is 6. The fraction of sp³-hybridized carbons (Fsp3) is 0.0833. The Morgan fingerprint density at radius 2 is 1.83 bits per heavy atom. The lowest BCUT2D eigenvalue weighted by molar-refractivity contribution is 0.0949. The van der Waals surface area contributed by atoms with E-state index in [4.69, 9.17) is 10.4 Å². The van der Waals surface area contributed by atoms with Gasteiger partial charge in [0.2, 0.25) is 11.6 Å². The van der Waals surface area contributed by atoms with E-state index in [1.165, 1.54) is 16.4 Å². The zero-order chi connectivity index (χ0) is 24.2. The fourth-order valence-electron chi connectivity index (χ4n) is 3.45. The van der Waals surface area contributed by atoms with E-state index in [9.17, 15) is 4.79 Å². The zero-order valence-electron chi connectivity index (χ0n) is 18.6. The van der Waals surface area contributed by atoms with Crippen LogP contribution in [-0.2, 0) is 5.75 Å². The van der Waals surface area contributed by atoms with Gasteiger partial charge in [0.25, 0.3) is 5.91 Å². The topological polar surface area (TPSA) is 137 Å². The van der Waals surface area contributed by atoms with Crippen LogP contribution >= 0.6 is 11.8 Å². The summed E-state index contributed by atoms with van der Waals surface area (Å²) in [6, 6.07) is 23.8. The molecule has 35 heavy (non-hydrogen) atoms. The minimum absolute atomic E-state index is 0.0398. The molecule has 0 bridgehead atoms. The summed E-state index contributed by atoms with van der Waals surface area (Å²) in [7, 11) is 0. The Morgan fingerprint density at radius 1 is 1.06 bits per heavy atom. The Kier molecular flexibility index (Phi) is 6.22. The number of carbonyl (C=O) groups is 1. The Balaban J connectivity index is 1.41. The monoisotopic (exact) mass is 484 g/mol. The molecule has 5 rings (SSSR count). The molecule has 2 aromatic heterocycles. The van der Waals surface area contributed by atoms with Gasteiger partial charge in [-0.25, -0.2) is 10.1 Å². The highest BCUT2D eigenvalue weighted by Crippen LogP contribution is 2.26. The van der Waals surface area contributed by atoms with E-state index in [0.29, 0.717) is 17.2 Å². The molecule has 10 nitrogen and oxygen atoms in total. The molecule has 2 heterocycles. The van der Waals surface area contributed by atoms with E-state index in [2.05, 4.69) is 31.2 Å². The molecule has 0 aliphatic rings. The summed E-state index contributed by atoms with van der Waals surface area (Å²) < 4.78 is 6.06. The molecule has 0 saturated heterocycles. The van der Waals surface area contributed by atoms with E-state index in [0.717, 1.165) is 21.2 Å². The number of anilines is 1. The lowest BCUT2D eigenvalue weighted by Crippen LogP contribution is -2.21. The number of thioether (sulfide) groups is 1. The first-order chi connectivity index (χ1) is 17.1. The summed E-state index contributed by atoms with van der Waals surface area (Å²) in [4.78, 5) is 14.1. The van der Waals surface area contributed by atoms with E-state index >= 15 is 0 Å². The van der Waals surface area contributed by atoms with Crippen molar-refractivity contribution in [3.05, 3.63) is 89.7 Å². The number of nitrogens with one attached hydrogen (secondary N) is 1. The van der Waals surface area contributed by atoms with Crippen molar-refractivity contribution in [3.63, 3.8) is 0 Å². The highest BCUT2D eigenvalue weighted by atomic mass is 32.2. The molecule has 0 aliphatic carbocycles. The Bertz CT molecular complexity index is 1530. The van der Waals surface area contributed by atoms with Gasteiger partial charge in [0.1, 0.15) is 0 Å². The molecule has 174 valence electrons. The van der Waals surface area contributed by atoms with Gasteiger partial charge in [0.05, 0.1) is 11.4 Å². The molecule has 11 heteroatoms. The molecule has 0 fully saturated rings. The van der Waals surface area contributed by atoms with E-state index < -0.39 is 5.91 Å². The first kappa shape index (κ1) is 22.3. The van der Waals surface area contributed by atoms with Crippen molar-refractivity contribution in [1.29, 1.82) is 0 Å². The van der Waals surface area contributed by atoms with Crippen molar-refractivity contribution in [2.45, 2.75) is 17.6 Å². The molecule has 0 unspecified atom stereocenters. The molecule has 5 aromatic rings. The first-order valence-corrected chi connectivity index (χ1v) is 11.6. The second-order valence-electron chi connectivity index (χ2n) is 7.57. The predicted octanol–water partition coefficient (Wildman–Crippen LogP) is 3.83. The van der Waals surface area contributed by atoms with Gasteiger partial charge < -0.3 is 5.73 Å². The number of benzene rings is 3. The minimum Gasteiger partial charge on any atom is -0.378 e. The molecule has 0 aliphatic heterocycles. The Hall–Kier alpha value is -4.51. The summed E-state index contributed by atoms with van der Waals surface area (Å²) >= 11 is 1.51. The summed E-state index contributed by atoms with van der Waals surface area (Å²) in [5.41, 5.74) is 10.6. The Labute approximate surface area is 204 Å². The van der Waals surface area contributed by atoms with Crippen LogP contribution in [0.3, 0.4) is 0 Å². The van der Waals surface area contributed by atoms with Crippen LogP contribution in [0.1, 0.15) is 28.7 Å². The van der Waals surface area contributed by atoms with Crippen LogP contribution < -0.4 is 11.2 Å². The lowest BCUT2D eigenvalue weighted by atomic mass is 10.0. The average molecular weight is 485 g/mol. The summed E-state index contributed by atoms with van der Waals surface area (Å²) in [6.07, 6.45) is 0. The number of nitrogen functional groups attached to an aromatic ring is 1. The van der Waals surface area contributed by atoms with Gasteiger partial charge in [-0.1, -0.05) is 59.8 Å². The largest absolute Gasteiger partial charge is 0.378 e. The summed E-state index contributed by atoms with van der Waals surface area (Å²) in [5.74, 6) is 0.0727. The molecule has 3 aromatic carbocycles. The van der Waals surface area contributed by atoms with Gasteiger partial charge in [-0.3, -0.25) is 4.79 Å². The summed E-state index contributed by atoms with van der Waals surface area (Å²) in [5, 5.41) is 22.0. The van der Waals surface area contributed by atoms with Crippen molar-refractivity contribution in [1.82, 2.24) is 30.7 Å². The van der Waals surface area contributed by atoms with Crippen LogP contribution in [-0.4, -0.2) is 36.9 Å². The van der Waals surface area contributed by atoms with Crippen LogP contribution in [0.15, 0.2) is 87.4 Å². The zero-order valence-corrected chi connectivity index (χ0v) is 19.4.